The van der Waals surface area contributed by atoms with Crippen LogP contribution in [-0.4, -0.2) is 42.4 Å². The second kappa shape index (κ2) is 5.35. The van der Waals surface area contributed by atoms with E-state index in [0.29, 0.717) is 6.54 Å². The van der Waals surface area contributed by atoms with Gasteiger partial charge in [-0.3, -0.25) is 9.69 Å². The fourth-order valence-corrected chi connectivity index (χ4v) is 2.24. The molecule has 1 fully saturated rings. The van der Waals surface area contributed by atoms with Gasteiger partial charge in [-0.2, -0.15) is 0 Å². The maximum absolute atomic E-state index is 11.6. The standard InChI is InChI=1S/C10H16ClNO3/c1-7-4-3-5-12(10(14)15-2)9(7)8(13)6-11/h7,9H,3-6H2,1-2H3. The number of alkyl halides is 1. The molecular weight excluding hydrogens is 218 g/mol. The molecule has 15 heavy (non-hydrogen) atoms. The summed E-state index contributed by atoms with van der Waals surface area (Å²) < 4.78 is 4.65. The maximum atomic E-state index is 11.6. The Balaban J connectivity index is 2.81. The average molecular weight is 234 g/mol. The Kier molecular flexibility index (Phi) is 4.39. The zero-order valence-corrected chi connectivity index (χ0v) is 9.79. The molecule has 0 aromatic carbocycles. The third-order valence-electron chi connectivity index (χ3n) is 2.80. The van der Waals surface area contributed by atoms with Crippen LogP contribution in [0.3, 0.4) is 0 Å². The van der Waals surface area contributed by atoms with E-state index in [1.807, 2.05) is 6.92 Å². The summed E-state index contributed by atoms with van der Waals surface area (Å²) in [4.78, 5) is 24.6. The first-order chi connectivity index (χ1) is 7.11. The van der Waals surface area contributed by atoms with Gasteiger partial charge in [0.05, 0.1) is 19.0 Å². The Labute approximate surface area is 94.5 Å². The van der Waals surface area contributed by atoms with Crippen LogP contribution in [0.2, 0.25) is 0 Å². The summed E-state index contributed by atoms with van der Waals surface area (Å²) in [6.07, 6.45) is 1.41. The molecule has 5 heteroatoms. The van der Waals surface area contributed by atoms with E-state index in [9.17, 15) is 9.59 Å². The van der Waals surface area contributed by atoms with Crippen LogP contribution in [0.4, 0.5) is 4.79 Å². The summed E-state index contributed by atoms with van der Waals surface area (Å²) >= 11 is 5.54. The molecule has 1 aliphatic rings. The Morgan fingerprint density at radius 2 is 2.20 bits per heavy atom. The van der Waals surface area contributed by atoms with Crippen molar-refractivity contribution in [1.29, 1.82) is 0 Å². The van der Waals surface area contributed by atoms with Crippen LogP contribution in [-0.2, 0) is 9.53 Å². The molecule has 0 saturated carbocycles. The van der Waals surface area contributed by atoms with E-state index in [1.54, 1.807) is 0 Å². The average Bonchev–Trinajstić information content (AvgIpc) is 2.26. The quantitative estimate of drug-likeness (QED) is 0.682. The normalized spacial score (nSPS) is 26.2. The molecule has 0 aromatic rings. The number of nitrogens with zero attached hydrogens (tertiary/aromatic N) is 1. The number of likely N-dealkylation sites (tertiary alicyclic amines) is 1. The van der Waals surface area contributed by atoms with Crippen molar-refractivity contribution in [1.82, 2.24) is 4.90 Å². The van der Waals surface area contributed by atoms with Crippen molar-refractivity contribution in [3.63, 3.8) is 0 Å². The van der Waals surface area contributed by atoms with Gasteiger partial charge in [-0.25, -0.2) is 4.79 Å². The zero-order chi connectivity index (χ0) is 11.4. The van der Waals surface area contributed by atoms with Gasteiger partial charge < -0.3 is 4.74 Å². The first-order valence-electron chi connectivity index (χ1n) is 5.05. The van der Waals surface area contributed by atoms with Crippen molar-refractivity contribution >= 4 is 23.5 Å². The number of hydrogen-bond donors (Lipinski definition) is 0. The predicted octanol–water partition coefficient (Wildman–Crippen LogP) is 1.66. The highest BCUT2D eigenvalue weighted by atomic mass is 35.5. The first kappa shape index (κ1) is 12.3. The number of halogens is 1. The van der Waals surface area contributed by atoms with Crippen molar-refractivity contribution in [2.75, 3.05) is 19.5 Å². The first-order valence-corrected chi connectivity index (χ1v) is 5.58. The van der Waals surface area contributed by atoms with Crippen LogP contribution in [0.25, 0.3) is 0 Å². The lowest BCUT2D eigenvalue weighted by molar-refractivity contribution is -0.124. The molecule has 0 aliphatic carbocycles. The van der Waals surface area contributed by atoms with E-state index in [4.69, 9.17) is 11.6 Å². The third kappa shape index (κ3) is 2.62. The van der Waals surface area contributed by atoms with E-state index in [2.05, 4.69) is 4.74 Å². The Morgan fingerprint density at radius 3 is 2.73 bits per heavy atom. The lowest BCUT2D eigenvalue weighted by atomic mass is 9.89. The van der Waals surface area contributed by atoms with Gasteiger partial charge in [0.25, 0.3) is 0 Å². The van der Waals surface area contributed by atoms with Crippen LogP contribution < -0.4 is 0 Å². The highest BCUT2D eigenvalue weighted by Gasteiger charge is 2.36. The Morgan fingerprint density at radius 1 is 1.53 bits per heavy atom. The van der Waals surface area contributed by atoms with E-state index >= 15 is 0 Å². The summed E-state index contributed by atoms with van der Waals surface area (Å²) in [5, 5.41) is 0. The van der Waals surface area contributed by atoms with Crippen LogP contribution in [0.1, 0.15) is 19.8 Å². The van der Waals surface area contributed by atoms with Crippen molar-refractivity contribution in [3.8, 4) is 0 Å². The number of ether oxygens (including phenoxy) is 1. The van der Waals surface area contributed by atoms with Gasteiger partial charge in [0, 0.05) is 6.54 Å². The maximum Gasteiger partial charge on any atom is 0.410 e. The van der Waals surface area contributed by atoms with E-state index in [-0.39, 0.29) is 17.6 Å². The molecule has 2 unspecified atom stereocenters. The minimum Gasteiger partial charge on any atom is -0.453 e. The monoisotopic (exact) mass is 233 g/mol. The van der Waals surface area contributed by atoms with Gasteiger partial charge in [-0.1, -0.05) is 6.92 Å². The van der Waals surface area contributed by atoms with Gasteiger partial charge in [0.15, 0.2) is 5.78 Å². The molecule has 0 bridgehead atoms. The van der Waals surface area contributed by atoms with Crippen LogP contribution in [0.15, 0.2) is 0 Å². The lowest BCUT2D eigenvalue weighted by Crippen LogP contribution is -2.52. The van der Waals surface area contributed by atoms with Gasteiger partial charge in [-0.15, -0.1) is 11.6 Å². The Bertz CT molecular complexity index is 257. The minimum atomic E-state index is -0.440. The molecule has 86 valence electrons. The van der Waals surface area contributed by atoms with Gasteiger partial charge >= 0.3 is 6.09 Å². The van der Waals surface area contributed by atoms with Crippen molar-refractivity contribution in [2.24, 2.45) is 5.92 Å². The number of methoxy groups -OCH3 is 1. The summed E-state index contributed by atoms with van der Waals surface area (Å²) in [5.41, 5.74) is 0. The lowest BCUT2D eigenvalue weighted by Gasteiger charge is -2.37. The molecule has 1 rings (SSSR count). The van der Waals surface area contributed by atoms with Crippen molar-refractivity contribution < 1.29 is 14.3 Å². The highest BCUT2D eigenvalue weighted by Crippen LogP contribution is 2.24. The van der Waals surface area contributed by atoms with Gasteiger partial charge in [-0.05, 0) is 18.8 Å². The number of Topliss-reactive ketones (excluding diaryl/α,β-unsaturated/α-hetero) is 1. The number of carbonyl (C=O) groups is 2. The molecule has 1 amide bonds. The van der Waals surface area contributed by atoms with E-state index in [0.717, 1.165) is 12.8 Å². The third-order valence-corrected chi connectivity index (χ3v) is 3.07. The molecule has 1 heterocycles. The van der Waals surface area contributed by atoms with Gasteiger partial charge in [0.2, 0.25) is 0 Å². The van der Waals surface area contributed by atoms with E-state index in [1.165, 1.54) is 12.0 Å². The highest BCUT2D eigenvalue weighted by molar-refractivity contribution is 6.28. The summed E-state index contributed by atoms with van der Waals surface area (Å²) in [6.45, 7) is 2.54. The molecule has 0 aromatic heterocycles. The van der Waals surface area contributed by atoms with Crippen LogP contribution >= 0.6 is 11.6 Å². The van der Waals surface area contributed by atoms with Crippen LogP contribution in [0.5, 0.6) is 0 Å². The van der Waals surface area contributed by atoms with Crippen molar-refractivity contribution in [3.05, 3.63) is 0 Å². The number of carbonyl (C=O) groups excluding carboxylic acids is 2. The second-order valence-corrected chi connectivity index (χ2v) is 4.09. The Hall–Kier alpha value is -0.770. The molecule has 2 atom stereocenters. The minimum absolute atomic E-state index is 0.0531. The summed E-state index contributed by atoms with van der Waals surface area (Å²) in [6, 6.07) is -0.413. The second-order valence-electron chi connectivity index (χ2n) is 3.83. The predicted molar refractivity (Wildman–Crippen MR) is 57.0 cm³/mol. The number of piperidine rings is 1. The van der Waals surface area contributed by atoms with Gasteiger partial charge in [0.1, 0.15) is 0 Å². The van der Waals surface area contributed by atoms with Crippen LogP contribution in [0, 0.1) is 5.92 Å². The molecule has 0 N–H and O–H groups in total. The number of amides is 1. The fourth-order valence-electron chi connectivity index (χ4n) is 2.08. The largest absolute Gasteiger partial charge is 0.453 e. The summed E-state index contributed by atoms with van der Waals surface area (Å²) in [5.74, 6) is 0.000969. The summed E-state index contributed by atoms with van der Waals surface area (Å²) in [7, 11) is 1.32. The molecule has 0 spiro atoms. The molecular formula is C10H16ClNO3. The number of hydrogen-bond acceptors (Lipinski definition) is 3. The molecule has 4 nitrogen and oxygen atoms in total. The zero-order valence-electron chi connectivity index (χ0n) is 9.03. The molecule has 0 radical (unpaired) electrons. The fraction of sp³-hybridized carbons (Fsp3) is 0.800. The topological polar surface area (TPSA) is 46.6 Å². The SMILES string of the molecule is COC(=O)N1CCCC(C)C1C(=O)CCl. The molecule has 1 aliphatic heterocycles. The van der Waals surface area contributed by atoms with E-state index < -0.39 is 12.1 Å². The van der Waals surface area contributed by atoms with Crippen molar-refractivity contribution in [2.45, 2.75) is 25.8 Å². The number of rotatable bonds is 2. The number of ketones is 1. The smallest absolute Gasteiger partial charge is 0.410 e. The molecule has 1 saturated heterocycles.